The van der Waals surface area contributed by atoms with Gasteiger partial charge < -0.3 is 0 Å². The summed E-state index contributed by atoms with van der Waals surface area (Å²) < 4.78 is 0. The van der Waals surface area contributed by atoms with E-state index in [4.69, 9.17) is 5.53 Å². The average Bonchev–Trinajstić information content (AvgIpc) is 2.13. The SMILES string of the molecule is C/C=C\C=C/N=N.CC.CC. The van der Waals surface area contributed by atoms with Crippen LogP contribution in [-0.2, 0) is 0 Å². The molecule has 2 heteroatoms. The second kappa shape index (κ2) is 35.6. The van der Waals surface area contributed by atoms with E-state index < -0.39 is 0 Å². The van der Waals surface area contributed by atoms with Gasteiger partial charge in [0, 0.05) is 6.20 Å². The fourth-order valence-electron chi connectivity index (χ4n) is 0.204. The van der Waals surface area contributed by atoms with Crippen LogP contribution in [0.4, 0.5) is 0 Å². The minimum absolute atomic E-state index is 1.42. The molecule has 0 amide bonds. The summed E-state index contributed by atoms with van der Waals surface area (Å²) in [7, 11) is 0. The minimum atomic E-state index is 1.42. The number of allylic oxidation sites excluding steroid dienone is 3. The molecule has 0 unspecified atom stereocenters. The molecule has 1 N–H and O–H groups in total. The average molecular weight is 156 g/mol. The normalized spacial score (nSPS) is 8.09. The number of hydrogen-bond donors (Lipinski definition) is 1. The highest BCUT2D eigenvalue weighted by atomic mass is 14.9. The Kier molecular flexibility index (Phi) is 53.7. The Morgan fingerprint density at radius 2 is 1.45 bits per heavy atom. The predicted octanol–water partition coefficient (Wildman–Crippen LogP) is 4.16. The maximum Gasteiger partial charge on any atom is 0.0488 e. The Labute approximate surface area is 70.5 Å². The molecule has 0 aliphatic rings. The highest BCUT2D eigenvalue weighted by molar-refractivity contribution is 4.99. The maximum atomic E-state index is 6.29. The van der Waals surface area contributed by atoms with Crippen LogP contribution in [0.3, 0.4) is 0 Å². The molecule has 0 saturated heterocycles. The Morgan fingerprint density at radius 3 is 1.73 bits per heavy atom. The summed E-state index contributed by atoms with van der Waals surface area (Å²) in [5.74, 6) is 0. The zero-order chi connectivity index (χ0) is 9.54. The second-order valence-electron chi connectivity index (χ2n) is 0.996. The van der Waals surface area contributed by atoms with Gasteiger partial charge in [0.2, 0.25) is 0 Å². The summed E-state index contributed by atoms with van der Waals surface area (Å²) in [5, 5.41) is 2.99. The van der Waals surface area contributed by atoms with Crippen LogP contribution in [0.15, 0.2) is 29.5 Å². The summed E-state index contributed by atoms with van der Waals surface area (Å²) in [4.78, 5) is 0. The largest absolute Gasteiger partial charge is 0.205 e. The molecule has 0 aromatic carbocycles. The van der Waals surface area contributed by atoms with Gasteiger partial charge in [-0.15, -0.1) is 0 Å². The number of hydrogen-bond acceptors (Lipinski definition) is 2. The highest BCUT2D eigenvalue weighted by Crippen LogP contribution is 1.74. The molecule has 0 aromatic rings. The molecule has 0 rings (SSSR count). The highest BCUT2D eigenvalue weighted by Gasteiger charge is 1.53. The van der Waals surface area contributed by atoms with Crippen LogP contribution >= 0.6 is 0 Å². The molecular formula is C9H20N2. The van der Waals surface area contributed by atoms with Crippen LogP contribution in [0.1, 0.15) is 34.6 Å². The Balaban J connectivity index is -0.000000138. The molecule has 0 heterocycles. The van der Waals surface area contributed by atoms with Crippen molar-refractivity contribution in [1.29, 1.82) is 5.53 Å². The third kappa shape index (κ3) is 48.0. The van der Waals surface area contributed by atoms with E-state index in [-0.39, 0.29) is 0 Å². The van der Waals surface area contributed by atoms with E-state index in [1.807, 2.05) is 46.8 Å². The van der Waals surface area contributed by atoms with Crippen molar-refractivity contribution in [2.45, 2.75) is 34.6 Å². The van der Waals surface area contributed by atoms with Crippen molar-refractivity contribution in [3.63, 3.8) is 0 Å². The lowest BCUT2D eigenvalue weighted by Gasteiger charge is -1.64. The zero-order valence-corrected chi connectivity index (χ0v) is 8.26. The zero-order valence-electron chi connectivity index (χ0n) is 8.26. The fourth-order valence-corrected chi connectivity index (χ4v) is 0.204. The molecule has 66 valence electrons. The van der Waals surface area contributed by atoms with Gasteiger partial charge in [0.1, 0.15) is 0 Å². The Bertz CT molecular complexity index is 93.7. The first-order chi connectivity index (χ1) is 5.41. The molecule has 0 saturated carbocycles. The van der Waals surface area contributed by atoms with Gasteiger partial charge in [-0.25, -0.2) is 5.53 Å². The van der Waals surface area contributed by atoms with Crippen LogP contribution in [0, 0.1) is 5.53 Å². The molecule has 0 radical (unpaired) electrons. The topological polar surface area (TPSA) is 36.2 Å². The van der Waals surface area contributed by atoms with Crippen molar-refractivity contribution in [2.24, 2.45) is 5.11 Å². The van der Waals surface area contributed by atoms with E-state index in [0.717, 1.165) is 0 Å². The summed E-state index contributed by atoms with van der Waals surface area (Å²) in [6, 6.07) is 0. The molecule has 11 heavy (non-hydrogen) atoms. The molecule has 0 atom stereocenters. The van der Waals surface area contributed by atoms with Gasteiger partial charge in [0.15, 0.2) is 0 Å². The standard InChI is InChI=1S/C5H8N2.2C2H6/c1-2-3-4-5-7-6;2*1-2/h2-6H,1H3;2*1-2H3/b3-2-,5-4-,7-6?;;. The van der Waals surface area contributed by atoms with Crippen molar-refractivity contribution in [3.05, 3.63) is 24.4 Å². The van der Waals surface area contributed by atoms with E-state index in [2.05, 4.69) is 5.11 Å². The summed E-state index contributed by atoms with van der Waals surface area (Å²) in [6.45, 7) is 9.91. The second-order valence-corrected chi connectivity index (χ2v) is 0.996. The van der Waals surface area contributed by atoms with E-state index >= 15 is 0 Å². The molecule has 0 aliphatic heterocycles. The summed E-state index contributed by atoms with van der Waals surface area (Å²) >= 11 is 0. The van der Waals surface area contributed by atoms with Gasteiger partial charge in [0.05, 0.1) is 0 Å². The lowest BCUT2D eigenvalue weighted by molar-refractivity contribution is 1.14. The van der Waals surface area contributed by atoms with Crippen LogP contribution in [0.2, 0.25) is 0 Å². The minimum Gasteiger partial charge on any atom is -0.205 e. The van der Waals surface area contributed by atoms with Gasteiger partial charge in [-0.05, 0) is 13.0 Å². The molecule has 2 nitrogen and oxygen atoms in total. The molecule has 0 fully saturated rings. The number of rotatable bonds is 2. The summed E-state index contributed by atoms with van der Waals surface area (Å²) in [6.07, 6.45) is 6.81. The molecule has 0 bridgehead atoms. The van der Waals surface area contributed by atoms with Crippen molar-refractivity contribution in [1.82, 2.24) is 0 Å². The van der Waals surface area contributed by atoms with Gasteiger partial charge in [-0.1, -0.05) is 39.8 Å². The van der Waals surface area contributed by atoms with Crippen LogP contribution < -0.4 is 0 Å². The van der Waals surface area contributed by atoms with E-state index in [9.17, 15) is 0 Å². The number of nitrogens with zero attached hydrogens (tertiary/aromatic N) is 1. The fraction of sp³-hybridized carbons (Fsp3) is 0.556. The van der Waals surface area contributed by atoms with Crippen molar-refractivity contribution in [2.75, 3.05) is 0 Å². The first kappa shape index (κ1) is 16.6. The Hall–Kier alpha value is -0.920. The smallest absolute Gasteiger partial charge is 0.0488 e. The Morgan fingerprint density at radius 1 is 1.00 bits per heavy atom. The van der Waals surface area contributed by atoms with E-state index in [1.54, 1.807) is 6.08 Å². The van der Waals surface area contributed by atoms with Crippen LogP contribution in [-0.4, -0.2) is 0 Å². The van der Waals surface area contributed by atoms with E-state index in [1.165, 1.54) is 6.20 Å². The van der Waals surface area contributed by atoms with Gasteiger partial charge in [0.25, 0.3) is 0 Å². The lowest BCUT2D eigenvalue weighted by atomic mass is 10.5. The van der Waals surface area contributed by atoms with E-state index in [0.29, 0.717) is 0 Å². The van der Waals surface area contributed by atoms with Gasteiger partial charge in [-0.3, -0.25) is 0 Å². The molecule has 0 aliphatic carbocycles. The van der Waals surface area contributed by atoms with Crippen molar-refractivity contribution < 1.29 is 0 Å². The van der Waals surface area contributed by atoms with Gasteiger partial charge >= 0.3 is 0 Å². The lowest BCUT2D eigenvalue weighted by Crippen LogP contribution is -1.42. The molecular weight excluding hydrogens is 136 g/mol. The van der Waals surface area contributed by atoms with Gasteiger partial charge in [-0.2, -0.15) is 5.11 Å². The van der Waals surface area contributed by atoms with Crippen molar-refractivity contribution in [3.8, 4) is 0 Å². The van der Waals surface area contributed by atoms with Crippen LogP contribution in [0.25, 0.3) is 0 Å². The third-order valence-corrected chi connectivity index (χ3v) is 0.464. The predicted molar refractivity (Wildman–Crippen MR) is 51.8 cm³/mol. The quantitative estimate of drug-likeness (QED) is 0.460. The molecule has 0 spiro atoms. The monoisotopic (exact) mass is 156 g/mol. The maximum absolute atomic E-state index is 6.29. The first-order valence-electron chi connectivity index (χ1n) is 4.06. The number of nitrogens with one attached hydrogen (secondary N) is 1. The molecule has 0 aromatic heterocycles. The third-order valence-electron chi connectivity index (χ3n) is 0.464. The summed E-state index contributed by atoms with van der Waals surface area (Å²) in [5.41, 5.74) is 6.29. The van der Waals surface area contributed by atoms with Crippen LogP contribution in [0.5, 0.6) is 0 Å². The van der Waals surface area contributed by atoms with Crippen molar-refractivity contribution >= 4 is 0 Å². The first-order valence-corrected chi connectivity index (χ1v) is 4.06.